The highest BCUT2D eigenvalue weighted by atomic mass is 16.5. The number of carbonyl (C=O) groups is 2. The van der Waals surface area contributed by atoms with Crippen LogP contribution in [0.4, 0.5) is 0 Å². The zero-order chi connectivity index (χ0) is 15.2. The molecule has 1 heterocycles. The Morgan fingerprint density at radius 2 is 2.29 bits per heavy atom. The molecule has 1 atom stereocenters. The summed E-state index contributed by atoms with van der Waals surface area (Å²) in [6, 6.07) is 7.11. The van der Waals surface area contributed by atoms with Crippen LogP contribution < -0.4 is 16.0 Å². The van der Waals surface area contributed by atoms with Crippen molar-refractivity contribution in [3.63, 3.8) is 0 Å². The minimum Gasteiger partial charge on any atom is -0.494 e. The summed E-state index contributed by atoms with van der Waals surface area (Å²) in [6.07, 6.45) is 1.56. The van der Waals surface area contributed by atoms with Gasteiger partial charge in [0.05, 0.1) is 12.5 Å². The van der Waals surface area contributed by atoms with E-state index in [2.05, 4.69) is 5.43 Å². The Labute approximate surface area is 124 Å². The first-order chi connectivity index (χ1) is 10.2. The summed E-state index contributed by atoms with van der Waals surface area (Å²) in [7, 11) is 0. The summed E-state index contributed by atoms with van der Waals surface area (Å²) in [5, 5.41) is 0. The minimum absolute atomic E-state index is 0.0777. The molecule has 1 aromatic rings. The van der Waals surface area contributed by atoms with Gasteiger partial charge in [0.25, 0.3) is 5.91 Å². The van der Waals surface area contributed by atoms with Gasteiger partial charge in [-0.05, 0) is 38.0 Å². The van der Waals surface area contributed by atoms with Crippen molar-refractivity contribution in [3.8, 4) is 5.75 Å². The first-order valence-corrected chi connectivity index (χ1v) is 7.18. The lowest BCUT2D eigenvalue weighted by atomic mass is 9.96. The molecule has 6 nitrogen and oxygen atoms in total. The molecule has 1 aliphatic heterocycles. The predicted molar refractivity (Wildman–Crippen MR) is 78.6 cm³/mol. The molecule has 0 aliphatic carbocycles. The standard InChI is InChI=1S/C15H21N3O3/c1-2-21-13-7-3-5-11(9-13)15(20)18-8-4-6-12(10-18)14(19)17-16/h3,5,7,9,12H,2,4,6,8,10,16H2,1H3,(H,17,19). The number of nitrogens with one attached hydrogen (secondary N) is 1. The molecule has 0 spiro atoms. The number of likely N-dealkylation sites (tertiary alicyclic amines) is 1. The van der Waals surface area contributed by atoms with E-state index >= 15 is 0 Å². The van der Waals surface area contributed by atoms with Crippen molar-refractivity contribution in [3.05, 3.63) is 29.8 Å². The molecule has 6 heteroatoms. The number of nitrogens with two attached hydrogens (primary N) is 1. The third-order valence-corrected chi connectivity index (χ3v) is 3.61. The highest BCUT2D eigenvalue weighted by molar-refractivity contribution is 5.95. The number of rotatable bonds is 4. The van der Waals surface area contributed by atoms with Gasteiger partial charge in [0.2, 0.25) is 5.91 Å². The van der Waals surface area contributed by atoms with Crippen molar-refractivity contribution >= 4 is 11.8 Å². The van der Waals surface area contributed by atoms with E-state index in [-0.39, 0.29) is 17.7 Å². The fourth-order valence-electron chi connectivity index (χ4n) is 2.56. The van der Waals surface area contributed by atoms with Crippen LogP contribution in [0.25, 0.3) is 0 Å². The Morgan fingerprint density at radius 1 is 1.48 bits per heavy atom. The molecule has 21 heavy (non-hydrogen) atoms. The number of ether oxygens (including phenoxy) is 1. The average Bonchev–Trinajstić information content (AvgIpc) is 2.54. The molecule has 114 valence electrons. The van der Waals surface area contributed by atoms with Crippen molar-refractivity contribution in [2.45, 2.75) is 19.8 Å². The van der Waals surface area contributed by atoms with E-state index in [0.29, 0.717) is 31.0 Å². The Morgan fingerprint density at radius 3 is 3.00 bits per heavy atom. The molecule has 0 aromatic heterocycles. The van der Waals surface area contributed by atoms with Crippen LogP contribution in [-0.2, 0) is 4.79 Å². The van der Waals surface area contributed by atoms with Gasteiger partial charge >= 0.3 is 0 Å². The number of benzene rings is 1. The Hall–Kier alpha value is -2.08. The molecule has 1 saturated heterocycles. The second-order valence-electron chi connectivity index (χ2n) is 5.06. The molecule has 2 amide bonds. The van der Waals surface area contributed by atoms with Gasteiger partial charge in [-0.3, -0.25) is 15.0 Å². The first-order valence-electron chi connectivity index (χ1n) is 7.18. The van der Waals surface area contributed by atoms with E-state index in [4.69, 9.17) is 10.6 Å². The maximum atomic E-state index is 12.5. The van der Waals surface area contributed by atoms with E-state index in [1.165, 1.54) is 0 Å². The van der Waals surface area contributed by atoms with Crippen LogP contribution in [0.3, 0.4) is 0 Å². The Kier molecular flexibility index (Phi) is 5.16. The zero-order valence-corrected chi connectivity index (χ0v) is 12.2. The fraction of sp³-hybridized carbons (Fsp3) is 0.467. The third-order valence-electron chi connectivity index (χ3n) is 3.61. The van der Waals surface area contributed by atoms with E-state index in [0.717, 1.165) is 12.8 Å². The summed E-state index contributed by atoms with van der Waals surface area (Å²) >= 11 is 0. The number of amides is 2. The normalized spacial score (nSPS) is 18.2. The SMILES string of the molecule is CCOc1cccc(C(=O)N2CCCC(C(=O)NN)C2)c1. The first kappa shape index (κ1) is 15.3. The van der Waals surface area contributed by atoms with Crippen LogP contribution in [0.2, 0.25) is 0 Å². The number of hydrogen-bond donors (Lipinski definition) is 2. The molecule has 1 aromatic carbocycles. The summed E-state index contributed by atoms with van der Waals surface area (Å²) in [4.78, 5) is 25.8. The van der Waals surface area contributed by atoms with Crippen molar-refractivity contribution < 1.29 is 14.3 Å². The quantitative estimate of drug-likeness (QED) is 0.491. The molecule has 1 fully saturated rings. The van der Waals surface area contributed by atoms with Crippen molar-refractivity contribution in [2.75, 3.05) is 19.7 Å². The van der Waals surface area contributed by atoms with Crippen molar-refractivity contribution in [1.82, 2.24) is 10.3 Å². The molecular weight excluding hydrogens is 270 g/mol. The Bertz CT molecular complexity index is 519. The smallest absolute Gasteiger partial charge is 0.254 e. The summed E-state index contributed by atoms with van der Waals surface area (Å²) < 4.78 is 5.41. The number of carbonyl (C=O) groups excluding carboxylic acids is 2. The molecule has 3 N–H and O–H groups in total. The fourth-order valence-corrected chi connectivity index (χ4v) is 2.56. The topological polar surface area (TPSA) is 84.7 Å². The average molecular weight is 291 g/mol. The highest BCUT2D eigenvalue weighted by Crippen LogP contribution is 2.20. The third kappa shape index (κ3) is 3.72. The second kappa shape index (κ2) is 7.08. The maximum absolute atomic E-state index is 12.5. The van der Waals surface area contributed by atoms with Crippen LogP contribution in [0.1, 0.15) is 30.1 Å². The molecule has 0 bridgehead atoms. The Balaban J connectivity index is 2.08. The van der Waals surface area contributed by atoms with Gasteiger partial charge in [-0.1, -0.05) is 6.07 Å². The predicted octanol–water partition coefficient (Wildman–Crippen LogP) is 0.927. The van der Waals surface area contributed by atoms with Crippen LogP contribution in [-0.4, -0.2) is 36.4 Å². The number of hydrogen-bond acceptors (Lipinski definition) is 4. The van der Waals surface area contributed by atoms with Gasteiger partial charge in [-0.15, -0.1) is 0 Å². The molecule has 0 saturated carbocycles. The van der Waals surface area contributed by atoms with Gasteiger partial charge in [0, 0.05) is 18.7 Å². The van der Waals surface area contributed by atoms with Crippen molar-refractivity contribution in [1.29, 1.82) is 0 Å². The lowest BCUT2D eigenvalue weighted by molar-refractivity contribution is -0.126. The van der Waals surface area contributed by atoms with Gasteiger partial charge in [-0.25, -0.2) is 5.84 Å². The molecular formula is C15H21N3O3. The van der Waals surface area contributed by atoms with Crippen LogP contribution >= 0.6 is 0 Å². The van der Waals surface area contributed by atoms with Crippen LogP contribution in [0.15, 0.2) is 24.3 Å². The monoisotopic (exact) mass is 291 g/mol. The largest absolute Gasteiger partial charge is 0.494 e. The van der Waals surface area contributed by atoms with Gasteiger partial charge in [0.1, 0.15) is 5.75 Å². The highest BCUT2D eigenvalue weighted by Gasteiger charge is 2.28. The van der Waals surface area contributed by atoms with E-state index in [1.807, 2.05) is 13.0 Å². The van der Waals surface area contributed by atoms with Crippen LogP contribution in [0.5, 0.6) is 5.75 Å². The lowest BCUT2D eigenvalue weighted by Gasteiger charge is -2.31. The molecule has 1 aliphatic rings. The van der Waals surface area contributed by atoms with Gasteiger partial charge < -0.3 is 9.64 Å². The summed E-state index contributed by atoms with van der Waals surface area (Å²) in [5.41, 5.74) is 2.74. The van der Waals surface area contributed by atoms with Crippen LogP contribution in [0, 0.1) is 5.92 Å². The minimum atomic E-state index is -0.234. The molecule has 1 unspecified atom stereocenters. The second-order valence-corrected chi connectivity index (χ2v) is 5.06. The lowest BCUT2D eigenvalue weighted by Crippen LogP contribution is -2.47. The number of hydrazine groups is 1. The van der Waals surface area contributed by atoms with E-state index in [9.17, 15) is 9.59 Å². The number of nitrogens with zero attached hydrogens (tertiary/aromatic N) is 1. The zero-order valence-electron chi connectivity index (χ0n) is 12.2. The van der Waals surface area contributed by atoms with Gasteiger partial charge in [-0.2, -0.15) is 0 Å². The van der Waals surface area contributed by atoms with Gasteiger partial charge in [0.15, 0.2) is 0 Å². The van der Waals surface area contributed by atoms with Crippen molar-refractivity contribution in [2.24, 2.45) is 11.8 Å². The maximum Gasteiger partial charge on any atom is 0.254 e. The van der Waals surface area contributed by atoms with E-state index < -0.39 is 0 Å². The summed E-state index contributed by atoms with van der Waals surface area (Å²) in [6.45, 7) is 3.52. The molecule has 2 rings (SSSR count). The number of piperidine rings is 1. The summed E-state index contributed by atoms with van der Waals surface area (Å²) in [5.74, 6) is 5.32. The van der Waals surface area contributed by atoms with E-state index in [1.54, 1.807) is 23.1 Å². The molecule has 0 radical (unpaired) electrons.